The number of esters is 1. The molecule has 0 unspecified atom stereocenters. The van der Waals surface area contributed by atoms with Crippen LogP contribution in [0, 0.1) is 17.8 Å². The zero-order valence-electron chi connectivity index (χ0n) is 49.7. The average molecular weight is 1050 g/mol. The normalized spacial score (nSPS) is 23.8. The van der Waals surface area contributed by atoms with Crippen molar-refractivity contribution in [3.05, 3.63) is 58.7 Å². The van der Waals surface area contributed by atoms with Crippen molar-refractivity contribution >= 4 is 30.9 Å². The summed E-state index contributed by atoms with van der Waals surface area (Å²) in [6, 6.07) is 6.36. The van der Waals surface area contributed by atoms with Crippen LogP contribution in [-0.2, 0) is 41.8 Å². The third kappa shape index (κ3) is 21.2. The van der Waals surface area contributed by atoms with E-state index in [1.807, 2.05) is 59.3 Å². The van der Waals surface area contributed by atoms with Gasteiger partial charge in [-0.15, -0.1) is 0 Å². The Labute approximate surface area is 439 Å². The molecule has 0 aromatic carbocycles. The zero-order chi connectivity index (χ0) is 54.4. The number of hydrogen-bond acceptors (Lipinski definition) is 10. The highest BCUT2D eigenvalue weighted by Gasteiger charge is 2.56. The Bertz CT molecular complexity index is 1680. The Balaban J connectivity index is 3.51. The molecular weight excluding hydrogens is 941 g/mol. The molecule has 10 nitrogen and oxygen atoms in total. The van der Waals surface area contributed by atoms with Gasteiger partial charge in [-0.25, -0.2) is 4.79 Å². The Kier molecular flexibility index (Phi) is 30.6. The van der Waals surface area contributed by atoms with Crippen molar-refractivity contribution in [1.82, 2.24) is 0 Å². The first-order chi connectivity index (χ1) is 33.2. The lowest BCUT2D eigenvalue weighted by molar-refractivity contribution is -0.336. The molecule has 0 aromatic rings. The van der Waals surface area contributed by atoms with Gasteiger partial charge >= 0.3 is 5.97 Å². The fraction of sp³-hybridized carbons (Fsp3) is 0.810. The first kappa shape index (κ1) is 67.5. The van der Waals surface area contributed by atoms with Gasteiger partial charge in [-0.2, -0.15) is 0 Å². The quantitative estimate of drug-likeness (QED) is 0.0220. The highest BCUT2D eigenvalue weighted by Crippen LogP contribution is 2.47. The summed E-state index contributed by atoms with van der Waals surface area (Å²) in [5.41, 5.74) is 3.65. The van der Waals surface area contributed by atoms with E-state index in [0.717, 1.165) is 78.7 Å². The van der Waals surface area contributed by atoms with Crippen LogP contribution < -0.4 is 0 Å². The van der Waals surface area contributed by atoms with Crippen LogP contribution in [0.2, 0.25) is 54.4 Å². The summed E-state index contributed by atoms with van der Waals surface area (Å²) in [4.78, 5) is 12.0. The lowest BCUT2D eigenvalue weighted by Crippen LogP contribution is -2.63. The molecule has 1 aliphatic rings. The van der Waals surface area contributed by atoms with E-state index < -0.39 is 36.8 Å². The van der Waals surface area contributed by atoms with E-state index in [0.29, 0.717) is 31.6 Å². The minimum absolute atomic E-state index is 0.0135. The second kappa shape index (κ2) is 32.2. The van der Waals surface area contributed by atoms with Gasteiger partial charge in [-0.1, -0.05) is 130 Å². The van der Waals surface area contributed by atoms with E-state index in [1.54, 1.807) is 21.0 Å². The van der Waals surface area contributed by atoms with Gasteiger partial charge in [0.2, 0.25) is 0 Å². The standard InChI is InChI=1S/C58H110O10Si3/c1-23-64-56(60)47(12)38-45(10)36-44(9)37-46(11)53(59)35-34-43(8)32-30-31-33-50(62-19)39-51(67-70(24-2,25-3)26-4)41-58(63-20)49(14)55(68-71(27-5,28-6)29-7)48(13)54(65-58)40-52(42-61-18)66-69(21,22)57(15,16)17/h32,34-38,46,48-55,59H,23-31,33,39-42H2,1-22H3/b35-34+,43-32+,44-37+,45-36+,47-38+/t46-,48+,49-,50-,51+,52-,53-,54-,55+,58+/m1/s1. The summed E-state index contributed by atoms with van der Waals surface area (Å²) < 4.78 is 53.8. The molecule has 0 aromatic heterocycles. The van der Waals surface area contributed by atoms with Gasteiger partial charge in [0, 0.05) is 57.5 Å². The summed E-state index contributed by atoms with van der Waals surface area (Å²) in [6.45, 7) is 42.5. The van der Waals surface area contributed by atoms with E-state index in [-0.39, 0.29) is 59.3 Å². The molecule has 1 aliphatic heterocycles. The van der Waals surface area contributed by atoms with E-state index >= 15 is 0 Å². The smallest absolute Gasteiger partial charge is 0.333 e. The monoisotopic (exact) mass is 1050 g/mol. The van der Waals surface area contributed by atoms with Crippen molar-refractivity contribution in [3.8, 4) is 0 Å². The number of aliphatic hydroxyl groups is 1. The third-order valence-corrected chi connectivity index (χ3v) is 30.3. The summed E-state index contributed by atoms with van der Waals surface area (Å²) in [7, 11) is -0.834. The SMILES string of the molecule is CCOC(=O)/C(C)=C/C(C)=C/C(C)=C/[C@@H](C)[C@H](O)/C=C/C(C)=C/CCC[C@H](C[C@@H](C[C@]1(OC)O[C@H](C[C@H](COC)O[Si](C)(C)C(C)(C)C)[C@H](C)[C@H](O[Si](CC)(CC)CC)[C@H]1C)O[Si](CC)(CC)CC)OC. The van der Waals surface area contributed by atoms with Gasteiger partial charge in [0.1, 0.15) is 0 Å². The van der Waals surface area contributed by atoms with Crippen molar-refractivity contribution < 1.29 is 46.9 Å². The summed E-state index contributed by atoms with van der Waals surface area (Å²) in [6.07, 6.45) is 15.6. The average Bonchev–Trinajstić information content (AvgIpc) is 3.32. The molecule has 13 heteroatoms. The molecule has 10 atom stereocenters. The molecule has 1 rings (SSSR count). The van der Waals surface area contributed by atoms with Crippen LogP contribution >= 0.6 is 0 Å². The number of methoxy groups -OCH3 is 3. The molecule has 414 valence electrons. The number of hydrogen-bond donors (Lipinski definition) is 1. The molecule has 1 saturated heterocycles. The van der Waals surface area contributed by atoms with Crippen molar-refractivity contribution in [2.75, 3.05) is 34.5 Å². The molecule has 1 N–H and O–H groups in total. The number of carbonyl (C=O) groups is 1. The minimum Gasteiger partial charge on any atom is -0.463 e. The number of allylic oxidation sites excluding steroid dienone is 7. The topological polar surface area (TPSA) is 111 Å². The van der Waals surface area contributed by atoms with Gasteiger partial charge < -0.3 is 42.1 Å². The Morgan fingerprint density at radius 2 is 1.39 bits per heavy atom. The fourth-order valence-corrected chi connectivity index (χ4v) is 17.4. The Hall–Kier alpha value is -1.50. The lowest BCUT2D eigenvalue weighted by atomic mass is 9.77. The predicted octanol–water partition coefficient (Wildman–Crippen LogP) is 15.1. The second-order valence-electron chi connectivity index (χ2n) is 22.6. The van der Waals surface area contributed by atoms with Gasteiger partial charge in [0.25, 0.3) is 0 Å². The van der Waals surface area contributed by atoms with E-state index in [4.69, 9.17) is 37.0 Å². The number of unbranched alkanes of at least 4 members (excludes halogenated alkanes) is 1. The van der Waals surface area contributed by atoms with Crippen LogP contribution in [0.15, 0.2) is 58.7 Å². The molecule has 1 fully saturated rings. The number of carbonyl (C=O) groups excluding carboxylic acids is 1. The van der Waals surface area contributed by atoms with Gasteiger partial charge in [-0.3, -0.25) is 0 Å². The van der Waals surface area contributed by atoms with Crippen LogP contribution in [0.4, 0.5) is 0 Å². The van der Waals surface area contributed by atoms with E-state index in [1.165, 1.54) is 0 Å². The molecule has 0 saturated carbocycles. The van der Waals surface area contributed by atoms with Crippen molar-refractivity contribution in [3.63, 3.8) is 0 Å². The molecule has 0 amide bonds. The minimum atomic E-state index is -2.13. The molecule has 71 heavy (non-hydrogen) atoms. The maximum absolute atomic E-state index is 12.0. The Morgan fingerprint density at radius 3 is 1.90 bits per heavy atom. The highest BCUT2D eigenvalue weighted by molar-refractivity contribution is 6.74. The van der Waals surface area contributed by atoms with Crippen LogP contribution in [0.1, 0.15) is 156 Å². The fourth-order valence-electron chi connectivity index (χ4n) is 10.1. The molecule has 0 aliphatic carbocycles. The van der Waals surface area contributed by atoms with Gasteiger partial charge in [0.15, 0.2) is 30.7 Å². The molecule has 0 spiro atoms. The van der Waals surface area contributed by atoms with Crippen LogP contribution in [0.5, 0.6) is 0 Å². The Morgan fingerprint density at radius 1 is 0.803 bits per heavy atom. The third-order valence-electron chi connectivity index (χ3n) is 16.5. The highest BCUT2D eigenvalue weighted by atomic mass is 28.4. The number of aliphatic hydroxyl groups excluding tert-OH is 1. The van der Waals surface area contributed by atoms with Crippen molar-refractivity contribution in [2.24, 2.45) is 17.8 Å². The summed E-state index contributed by atoms with van der Waals surface area (Å²) in [5.74, 6) is -1.29. The summed E-state index contributed by atoms with van der Waals surface area (Å²) >= 11 is 0. The van der Waals surface area contributed by atoms with Crippen LogP contribution in [0.25, 0.3) is 0 Å². The van der Waals surface area contributed by atoms with Crippen LogP contribution in [0.3, 0.4) is 0 Å². The number of ether oxygens (including phenoxy) is 5. The van der Waals surface area contributed by atoms with Crippen molar-refractivity contribution in [1.29, 1.82) is 0 Å². The van der Waals surface area contributed by atoms with Crippen LogP contribution in [-0.4, -0.2) is 113 Å². The molecule has 1 heterocycles. The maximum atomic E-state index is 12.0. The molecule has 0 radical (unpaired) electrons. The van der Waals surface area contributed by atoms with Gasteiger partial charge in [-0.05, 0) is 121 Å². The predicted molar refractivity (Wildman–Crippen MR) is 305 cm³/mol. The van der Waals surface area contributed by atoms with E-state index in [9.17, 15) is 9.90 Å². The second-order valence-corrected chi connectivity index (χ2v) is 36.8. The molecule has 0 bridgehead atoms. The maximum Gasteiger partial charge on any atom is 0.333 e. The molecular formula is C58H110O10Si3. The first-order valence-electron chi connectivity index (χ1n) is 27.7. The zero-order valence-corrected chi connectivity index (χ0v) is 52.7. The van der Waals surface area contributed by atoms with Crippen molar-refractivity contribution in [2.45, 2.75) is 253 Å². The summed E-state index contributed by atoms with van der Waals surface area (Å²) in [5, 5.41) is 11.1. The number of rotatable bonds is 34. The van der Waals surface area contributed by atoms with E-state index in [2.05, 4.69) is 108 Å². The van der Waals surface area contributed by atoms with Gasteiger partial charge in [0.05, 0.1) is 49.8 Å². The lowest BCUT2D eigenvalue weighted by Gasteiger charge is -2.55. The largest absolute Gasteiger partial charge is 0.463 e. The first-order valence-corrected chi connectivity index (χ1v) is 35.7.